The van der Waals surface area contributed by atoms with Crippen LogP contribution in [0.25, 0.3) is 0 Å². The minimum absolute atomic E-state index is 0.0789. The number of carbonyl (C=O) groups excluding carboxylic acids is 1. The number of carbonyl (C=O) groups is 1. The van der Waals surface area contributed by atoms with Crippen LogP contribution in [0.15, 0.2) is 16.7 Å². The molecule has 2 unspecified atom stereocenters. The highest BCUT2D eigenvalue weighted by Crippen LogP contribution is 2.30. The predicted molar refractivity (Wildman–Crippen MR) is 74.5 cm³/mol. The molecule has 1 aromatic heterocycles. The van der Waals surface area contributed by atoms with E-state index in [4.69, 9.17) is 10.2 Å². The van der Waals surface area contributed by atoms with Gasteiger partial charge in [-0.1, -0.05) is 13.8 Å². The van der Waals surface area contributed by atoms with E-state index in [0.29, 0.717) is 12.5 Å². The second-order valence-corrected chi connectivity index (χ2v) is 5.81. The van der Waals surface area contributed by atoms with Crippen molar-refractivity contribution in [1.29, 1.82) is 0 Å². The van der Waals surface area contributed by atoms with Gasteiger partial charge in [0, 0.05) is 18.5 Å². The summed E-state index contributed by atoms with van der Waals surface area (Å²) in [4.78, 5) is 12.3. The first kappa shape index (κ1) is 14.1. The number of rotatable bonds is 5. The van der Waals surface area contributed by atoms with Crippen LogP contribution in [0.3, 0.4) is 0 Å². The van der Waals surface area contributed by atoms with Gasteiger partial charge in [0.1, 0.15) is 5.76 Å². The van der Waals surface area contributed by atoms with Crippen LogP contribution >= 0.6 is 0 Å². The molecule has 1 aliphatic carbocycles. The summed E-state index contributed by atoms with van der Waals surface area (Å²) < 4.78 is 5.44. The van der Waals surface area contributed by atoms with Gasteiger partial charge >= 0.3 is 0 Å². The van der Waals surface area contributed by atoms with E-state index >= 15 is 0 Å². The molecule has 1 aromatic rings. The van der Waals surface area contributed by atoms with Crippen LogP contribution < -0.4 is 11.1 Å². The topological polar surface area (TPSA) is 68.3 Å². The SMILES string of the molecule is CC(C)CC(CN)C(=O)NC1CCCc2occc21. The van der Waals surface area contributed by atoms with Crippen molar-refractivity contribution in [2.75, 3.05) is 6.54 Å². The molecule has 106 valence electrons. The third kappa shape index (κ3) is 3.38. The van der Waals surface area contributed by atoms with Crippen molar-refractivity contribution >= 4 is 5.91 Å². The number of nitrogens with one attached hydrogen (secondary N) is 1. The van der Waals surface area contributed by atoms with Crippen molar-refractivity contribution in [3.63, 3.8) is 0 Å². The monoisotopic (exact) mass is 264 g/mol. The molecular weight excluding hydrogens is 240 g/mol. The Balaban J connectivity index is 2.00. The third-order valence-electron chi connectivity index (χ3n) is 3.78. The van der Waals surface area contributed by atoms with Crippen molar-refractivity contribution < 1.29 is 9.21 Å². The van der Waals surface area contributed by atoms with Gasteiger partial charge in [-0.25, -0.2) is 0 Å². The molecule has 1 heterocycles. The molecular formula is C15H24N2O2. The largest absolute Gasteiger partial charge is 0.469 e. The molecule has 3 N–H and O–H groups in total. The van der Waals surface area contributed by atoms with Gasteiger partial charge in [0.25, 0.3) is 0 Å². The molecule has 0 fully saturated rings. The maximum Gasteiger partial charge on any atom is 0.224 e. The molecule has 0 aliphatic heterocycles. The van der Waals surface area contributed by atoms with Crippen LogP contribution in [0.5, 0.6) is 0 Å². The number of amides is 1. The molecule has 0 saturated heterocycles. The zero-order valence-electron chi connectivity index (χ0n) is 11.8. The molecule has 1 aliphatic rings. The number of hydrogen-bond donors (Lipinski definition) is 2. The molecule has 4 nitrogen and oxygen atoms in total. The van der Waals surface area contributed by atoms with Crippen LogP contribution in [-0.4, -0.2) is 12.5 Å². The zero-order valence-corrected chi connectivity index (χ0v) is 11.8. The van der Waals surface area contributed by atoms with Gasteiger partial charge in [0.15, 0.2) is 0 Å². The molecule has 0 saturated carbocycles. The Labute approximate surface area is 114 Å². The lowest BCUT2D eigenvalue weighted by molar-refractivity contribution is -0.126. The highest BCUT2D eigenvalue weighted by Gasteiger charge is 2.26. The van der Waals surface area contributed by atoms with E-state index in [2.05, 4.69) is 19.2 Å². The standard InChI is InChI=1S/C15H24N2O2/c1-10(2)8-11(9-16)15(18)17-13-4-3-5-14-12(13)6-7-19-14/h6-7,10-11,13H,3-5,8-9,16H2,1-2H3,(H,17,18). The second kappa shape index (κ2) is 6.24. The Morgan fingerprint density at radius 2 is 2.37 bits per heavy atom. The van der Waals surface area contributed by atoms with E-state index in [1.165, 1.54) is 0 Å². The Hall–Kier alpha value is -1.29. The van der Waals surface area contributed by atoms with Gasteiger partial charge in [0.05, 0.1) is 18.2 Å². The van der Waals surface area contributed by atoms with E-state index in [1.54, 1.807) is 6.26 Å². The highest BCUT2D eigenvalue weighted by molar-refractivity contribution is 5.79. The minimum Gasteiger partial charge on any atom is -0.469 e. The smallest absolute Gasteiger partial charge is 0.224 e. The Kier molecular flexibility index (Phi) is 4.64. The van der Waals surface area contributed by atoms with E-state index in [9.17, 15) is 4.79 Å². The summed E-state index contributed by atoms with van der Waals surface area (Å²) in [5, 5.41) is 3.14. The fraction of sp³-hybridized carbons (Fsp3) is 0.667. The normalized spacial score (nSPS) is 20.1. The molecule has 0 bridgehead atoms. The second-order valence-electron chi connectivity index (χ2n) is 5.81. The van der Waals surface area contributed by atoms with Gasteiger partial charge in [-0.2, -0.15) is 0 Å². The fourth-order valence-corrected chi connectivity index (χ4v) is 2.81. The molecule has 0 radical (unpaired) electrons. The number of nitrogens with two attached hydrogens (primary N) is 1. The van der Waals surface area contributed by atoms with Gasteiger partial charge < -0.3 is 15.5 Å². The Morgan fingerprint density at radius 1 is 1.58 bits per heavy atom. The molecule has 19 heavy (non-hydrogen) atoms. The number of furan rings is 1. The Bertz CT molecular complexity index is 426. The first-order valence-electron chi connectivity index (χ1n) is 7.18. The summed E-state index contributed by atoms with van der Waals surface area (Å²) in [6, 6.07) is 2.07. The summed E-state index contributed by atoms with van der Waals surface area (Å²) in [5.74, 6) is 1.49. The van der Waals surface area contributed by atoms with Crippen molar-refractivity contribution in [2.24, 2.45) is 17.6 Å². The first-order valence-corrected chi connectivity index (χ1v) is 7.18. The predicted octanol–water partition coefficient (Wildman–Crippen LogP) is 2.39. The minimum atomic E-state index is -0.0859. The van der Waals surface area contributed by atoms with E-state index in [0.717, 1.165) is 37.0 Å². The van der Waals surface area contributed by atoms with Crippen molar-refractivity contribution in [2.45, 2.75) is 45.6 Å². The maximum absolute atomic E-state index is 12.3. The molecule has 1 amide bonds. The van der Waals surface area contributed by atoms with Crippen molar-refractivity contribution in [3.05, 3.63) is 23.7 Å². The van der Waals surface area contributed by atoms with Gasteiger partial charge in [-0.05, 0) is 31.2 Å². The summed E-state index contributed by atoms with van der Waals surface area (Å²) in [5.41, 5.74) is 6.86. The molecule has 0 spiro atoms. The van der Waals surface area contributed by atoms with E-state index in [-0.39, 0.29) is 17.9 Å². The third-order valence-corrected chi connectivity index (χ3v) is 3.78. The van der Waals surface area contributed by atoms with Gasteiger partial charge in [0.2, 0.25) is 5.91 Å². The zero-order chi connectivity index (χ0) is 13.8. The van der Waals surface area contributed by atoms with Crippen LogP contribution in [0.4, 0.5) is 0 Å². The van der Waals surface area contributed by atoms with Crippen LogP contribution in [0.1, 0.15) is 50.5 Å². The molecule has 2 rings (SSSR count). The van der Waals surface area contributed by atoms with Crippen LogP contribution in [0, 0.1) is 11.8 Å². The van der Waals surface area contributed by atoms with Gasteiger partial charge in [-0.3, -0.25) is 4.79 Å². The molecule has 4 heteroatoms. The number of hydrogen-bond acceptors (Lipinski definition) is 3. The fourth-order valence-electron chi connectivity index (χ4n) is 2.81. The average molecular weight is 264 g/mol. The lowest BCUT2D eigenvalue weighted by Gasteiger charge is -2.25. The molecule has 0 aromatic carbocycles. The van der Waals surface area contributed by atoms with E-state index < -0.39 is 0 Å². The van der Waals surface area contributed by atoms with Crippen LogP contribution in [0.2, 0.25) is 0 Å². The van der Waals surface area contributed by atoms with E-state index in [1.807, 2.05) is 6.07 Å². The highest BCUT2D eigenvalue weighted by atomic mass is 16.3. The molecule has 2 atom stereocenters. The number of aryl methyl sites for hydroxylation is 1. The first-order chi connectivity index (χ1) is 9.11. The number of fused-ring (bicyclic) bond motifs is 1. The summed E-state index contributed by atoms with van der Waals surface area (Å²) in [6.07, 6.45) is 5.57. The maximum atomic E-state index is 12.3. The summed E-state index contributed by atoms with van der Waals surface area (Å²) in [7, 11) is 0. The summed E-state index contributed by atoms with van der Waals surface area (Å²) in [6.45, 7) is 4.64. The van der Waals surface area contributed by atoms with Gasteiger partial charge in [-0.15, -0.1) is 0 Å². The quantitative estimate of drug-likeness (QED) is 0.858. The summed E-state index contributed by atoms with van der Waals surface area (Å²) >= 11 is 0. The lowest BCUT2D eigenvalue weighted by atomic mass is 9.91. The van der Waals surface area contributed by atoms with Crippen LogP contribution in [-0.2, 0) is 11.2 Å². The van der Waals surface area contributed by atoms with Crippen molar-refractivity contribution in [1.82, 2.24) is 5.32 Å². The lowest BCUT2D eigenvalue weighted by Crippen LogP contribution is -2.38. The van der Waals surface area contributed by atoms with Crippen molar-refractivity contribution in [3.8, 4) is 0 Å². The average Bonchev–Trinajstić information content (AvgIpc) is 2.84. The Morgan fingerprint density at radius 3 is 3.05 bits per heavy atom.